The number of ether oxygens (including phenoxy) is 1. The first-order chi connectivity index (χ1) is 8.87. The number of piperidine rings is 1. The number of likely N-dealkylation sites (tertiary alicyclic amines) is 1. The lowest BCUT2D eigenvalue weighted by Crippen LogP contribution is -2.37. The Bertz CT molecular complexity index is 493. The number of amides is 1. The van der Waals surface area contributed by atoms with Crippen LogP contribution >= 0.6 is 0 Å². The topological polar surface area (TPSA) is 60.2 Å². The molecule has 104 valence electrons. The predicted octanol–water partition coefficient (Wildman–Crippen LogP) is 1.40. The zero-order valence-electron chi connectivity index (χ0n) is 11.8. The highest BCUT2D eigenvalue weighted by Gasteiger charge is 2.58. The summed E-state index contributed by atoms with van der Waals surface area (Å²) in [6.45, 7) is 7.26. The van der Waals surface area contributed by atoms with E-state index in [0.29, 0.717) is 17.8 Å². The van der Waals surface area contributed by atoms with Gasteiger partial charge < -0.3 is 9.64 Å². The Morgan fingerprint density at radius 1 is 1.37 bits per heavy atom. The lowest BCUT2D eigenvalue weighted by molar-refractivity contribution is 0.0270. The second kappa shape index (κ2) is 3.95. The monoisotopic (exact) mass is 264 g/mol. The van der Waals surface area contributed by atoms with Crippen LogP contribution in [0.4, 0.5) is 4.79 Å². The van der Waals surface area contributed by atoms with Gasteiger partial charge in [0.25, 0.3) is 0 Å². The molecule has 1 aromatic heterocycles. The average molecular weight is 264 g/mol. The van der Waals surface area contributed by atoms with Gasteiger partial charge >= 0.3 is 6.09 Å². The summed E-state index contributed by atoms with van der Waals surface area (Å²) >= 11 is 0. The molecule has 6 nitrogen and oxygen atoms in total. The van der Waals surface area contributed by atoms with Gasteiger partial charge in [-0.1, -0.05) is 5.21 Å². The van der Waals surface area contributed by atoms with Crippen LogP contribution in [0.2, 0.25) is 0 Å². The molecule has 1 saturated heterocycles. The first-order valence-corrected chi connectivity index (χ1v) is 6.69. The molecule has 1 aliphatic carbocycles. The molecular weight excluding hydrogens is 244 g/mol. The Kier molecular flexibility index (Phi) is 2.59. The predicted molar refractivity (Wildman–Crippen MR) is 68.5 cm³/mol. The number of carbonyl (C=O) groups excluding carboxylic acids is 1. The second-order valence-corrected chi connectivity index (χ2v) is 6.52. The lowest BCUT2D eigenvalue weighted by atomic mass is 10.2. The van der Waals surface area contributed by atoms with Crippen molar-refractivity contribution in [1.82, 2.24) is 19.9 Å². The largest absolute Gasteiger partial charge is 0.444 e. The quantitative estimate of drug-likeness (QED) is 0.769. The van der Waals surface area contributed by atoms with Crippen LogP contribution in [0.3, 0.4) is 0 Å². The maximum atomic E-state index is 12.0. The van der Waals surface area contributed by atoms with Crippen LogP contribution in [-0.2, 0) is 11.8 Å². The molecule has 0 N–H and O–H groups in total. The minimum absolute atomic E-state index is 0.193. The Balaban J connectivity index is 1.59. The zero-order chi connectivity index (χ0) is 13.8. The van der Waals surface area contributed by atoms with Gasteiger partial charge in [0.05, 0.1) is 11.9 Å². The van der Waals surface area contributed by atoms with Gasteiger partial charge in [-0.15, -0.1) is 5.10 Å². The van der Waals surface area contributed by atoms with Gasteiger partial charge in [-0.3, -0.25) is 4.68 Å². The van der Waals surface area contributed by atoms with Gasteiger partial charge in [0.1, 0.15) is 5.60 Å². The molecular formula is C13H20N4O2. The third-order valence-electron chi connectivity index (χ3n) is 3.94. The van der Waals surface area contributed by atoms with Crippen molar-refractivity contribution in [3.63, 3.8) is 0 Å². The van der Waals surface area contributed by atoms with Crippen LogP contribution in [0.1, 0.15) is 32.4 Å². The van der Waals surface area contributed by atoms with Gasteiger partial charge in [0.15, 0.2) is 0 Å². The molecule has 3 rings (SSSR count). The first kappa shape index (κ1) is 12.4. The highest BCUT2D eigenvalue weighted by Crippen LogP contribution is 2.57. The van der Waals surface area contributed by atoms with Crippen molar-refractivity contribution in [3.05, 3.63) is 11.9 Å². The van der Waals surface area contributed by atoms with E-state index in [1.807, 2.05) is 43.6 Å². The molecule has 6 heteroatoms. The molecule has 2 aliphatic rings. The SMILES string of the molecule is Cn1nncc1C1C2CN(C(=O)OC(C)(C)C)CC21. The van der Waals surface area contributed by atoms with Crippen LogP contribution in [0, 0.1) is 11.8 Å². The number of hydrogen-bond donors (Lipinski definition) is 0. The number of aromatic nitrogens is 3. The summed E-state index contributed by atoms with van der Waals surface area (Å²) in [6, 6.07) is 0. The Morgan fingerprint density at radius 2 is 2.00 bits per heavy atom. The molecule has 0 radical (unpaired) electrons. The summed E-state index contributed by atoms with van der Waals surface area (Å²) in [5.74, 6) is 1.60. The number of hydrogen-bond acceptors (Lipinski definition) is 4. The molecule has 0 bridgehead atoms. The van der Waals surface area contributed by atoms with E-state index in [2.05, 4.69) is 10.3 Å². The molecule has 2 heterocycles. The summed E-state index contributed by atoms with van der Waals surface area (Å²) in [4.78, 5) is 13.8. The van der Waals surface area contributed by atoms with Crippen molar-refractivity contribution in [2.75, 3.05) is 13.1 Å². The van der Waals surface area contributed by atoms with E-state index in [9.17, 15) is 4.79 Å². The highest BCUT2D eigenvalue weighted by molar-refractivity contribution is 5.69. The fourth-order valence-corrected chi connectivity index (χ4v) is 3.04. The Hall–Kier alpha value is -1.59. The molecule has 2 atom stereocenters. The highest BCUT2D eigenvalue weighted by atomic mass is 16.6. The van der Waals surface area contributed by atoms with Gasteiger partial charge in [-0.05, 0) is 32.6 Å². The van der Waals surface area contributed by atoms with E-state index in [1.165, 1.54) is 5.69 Å². The van der Waals surface area contributed by atoms with E-state index in [-0.39, 0.29) is 6.09 Å². The molecule has 0 spiro atoms. The molecule has 2 unspecified atom stereocenters. The van der Waals surface area contributed by atoms with E-state index < -0.39 is 5.60 Å². The molecule has 1 aliphatic heterocycles. The standard InChI is InChI=1S/C13H20N4O2/c1-13(2,3)19-12(18)17-6-8-9(7-17)11(8)10-5-14-15-16(10)4/h5,8-9,11H,6-7H2,1-4H3. The minimum Gasteiger partial charge on any atom is -0.444 e. The summed E-state index contributed by atoms with van der Waals surface area (Å²) in [5, 5.41) is 7.89. The average Bonchev–Trinajstić information content (AvgIpc) is 2.68. The van der Waals surface area contributed by atoms with Gasteiger partial charge in [0.2, 0.25) is 0 Å². The summed E-state index contributed by atoms with van der Waals surface area (Å²) in [7, 11) is 1.92. The van der Waals surface area contributed by atoms with Gasteiger partial charge in [0, 0.05) is 26.1 Å². The van der Waals surface area contributed by atoms with Crippen LogP contribution < -0.4 is 0 Å². The molecule has 0 aromatic carbocycles. The maximum absolute atomic E-state index is 12.0. The number of nitrogens with zero attached hydrogens (tertiary/aromatic N) is 4. The van der Waals surface area contributed by atoms with Crippen molar-refractivity contribution >= 4 is 6.09 Å². The zero-order valence-corrected chi connectivity index (χ0v) is 11.8. The lowest BCUT2D eigenvalue weighted by Gasteiger charge is -2.25. The van der Waals surface area contributed by atoms with Crippen molar-refractivity contribution in [2.24, 2.45) is 18.9 Å². The van der Waals surface area contributed by atoms with E-state index in [0.717, 1.165) is 13.1 Å². The van der Waals surface area contributed by atoms with Gasteiger partial charge in [-0.25, -0.2) is 4.79 Å². The van der Waals surface area contributed by atoms with Crippen LogP contribution in [0.15, 0.2) is 6.20 Å². The Labute approximate surface area is 112 Å². The van der Waals surface area contributed by atoms with Gasteiger partial charge in [-0.2, -0.15) is 0 Å². The van der Waals surface area contributed by atoms with Crippen molar-refractivity contribution in [2.45, 2.75) is 32.3 Å². The Morgan fingerprint density at radius 3 is 2.47 bits per heavy atom. The van der Waals surface area contributed by atoms with E-state index in [4.69, 9.17) is 4.74 Å². The first-order valence-electron chi connectivity index (χ1n) is 6.69. The number of rotatable bonds is 1. The molecule has 19 heavy (non-hydrogen) atoms. The van der Waals surface area contributed by atoms with Crippen molar-refractivity contribution in [1.29, 1.82) is 0 Å². The fraction of sp³-hybridized carbons (Fsp3) is 0.769. The third kappa shape index (κ3) is 2.19. The fourth-order valence-electron chi connectivity index (χ4n) is 3.04. The molecule has 2 fully saturated rings. The number of aryl methyl sites for hydroxylation is 1. The summed E-state index contributed by atoms with van der Waals surface area (Å²) in [6.07, 6.45) is 1.64. The normalized spacial score (nSPS) is 29.3. The van der Waals surface area contributed by atoms with Crippen LogP contribution in [-0.4, -0.2) is 44.7 Å². The summed E-state index contributed by atoms with van der Waals surface area (Å²) < 4.78 is 7.23. The third-order valence-corrected chi connectivity index (χ3v) is 3.94. The second-order valence-electron chi connectivity index (χ2n) is 6.52. The molecule has 1 amide bonds. The molecule has 1 saturated carbocycles. The number of carbonyl (C=O) groups is 1. The van der Waals surface area contributed by atoms with Crippen LogP contribution in [0.25, 0.3) is 0 Å². The smallest absolute Gasteiger partial charge is 0.410 e. The van der Waals surface area contributed by atoms with Crippen molar-refractivity contribution in [3.8, 4) is 0 Å². The van der Waals surface area contributed by atoms with Crippen molar-refractivity contribution < 1.29 is 9.53 Å². The molecule has 1 aromatic rings. The number of fused-ring (bicyclic) bond motifs is 1. The minimum atomic E-state index is -0.421. The van der Waals surface area contributed by atoms with E-state index >= 15 is 0 Å². The maximum Gasteiger partial charge on any atom is 0.410 e. The van der Waals surface area contributed by atoms with Crippen LogP contribution in [0.5, 0.6) is 0 Å². The summed E-state index contributed by atoms with van der Waals surface area (Å²) in [5.41, 5.74) is 0.758. The van der Waals surface area contributed by atoms with E-state index in [1.54, 1.807) is 0 Å².